The topological polar surface area (TPSA) is 58.2 Å². The van der Waals surface area contributed by atoms with E-state index in [-0.39, 0.29) is 18.3 Å². The van der Waals surface area contributed by atoms with E-state index < -0.39 is 0 Å². The molecule has 5 nitrogen and oxygen atoms in total. The number of carbonyl (C=O) groups is 1. The Kier molecular flexibility index (Phi) is 6.93. The third-order valence-electron chi connectivity index (χ3n) is 3.88. The predicted molar refractivity (Wildman–Crippen MR) is 91.0 cm³/mol. The third kappa shape index (κ3) is 5.45. The molecule has 1 amide bonds. The molecule has 0 saturated carbocycles. The zero-order valence-electron chi connectivity index (χ0n) is 14.2. The Hall–Kier alpha value is -2.21. The fourth-order valence-corrected chi connectivity index (χ4v) is 2.48. The summed E-state index contributed by atoms with van der Waals surface area (Å²) in [5.74, 6) is -0.255. The Bertz CT molecular complexity index is 657. The number of halogens is 1. The van der Waals surface area contributed by atoms with E-state index in [0.29, 0.717) is 0 Å². The molecule has 1 heterocycles. The second-order valence-electron chi connectivity index (χ2n) is 5.85. The monoisotopic (exact) mass is 333 g/mol. The van der Waals surface area contributed by atoms with Gasteiger partial charge in [-0.25, -0.2) is 4.39 Å². The lowest BCUT2D eigenvalue weighted by Crippen LogP contribution is -2.30. The Morgan fingerprint density at radius 3 is 2.88 bits per heavy atom. The van der Waals surface area contributed by atoms with Crippen molar-refractivity contribution in [2.24, 2.45) is 0 Å². The summed E-state index contributed by atoms with van der Waals surface area (Å²) in [4.78, 5) is 13.2. The fraction of sp³-hybridized carbons (Fsp3) is 0.444. The minimum atomic E-state index is -0.260. The van der Waals surface area contributed by atoms with Gasteiger partial charge in [0, 0.05) is 32.0 Å². The van der Waals surface area contributed by atoms with Crippen LogP contribution in [0.3, 0.4) is 0 Å². The molecule has 0 atom stereocenters. The van der Waals surface area contributed by atoms with Crippen LogP contribution < -0.4 is 0 Å². The van der Waals surface area contributed by atoms with Gasteiger partial charge < -0.3 is 9.64 Å². The van der Waals surface area contributed by atoms with E-state index in [4.69, 9.17) is 4.74 Å². The average molecular weight is 333 g/mol. The molecule has 0 aliphatic carbocycles. The van der Waals surface area contributed by atoms with Gasteiger partial charge in [0.1, 0.15) is 12.4 Å². The normalized spacial score (nSPS) is 10.8. The number of nitrogens with one attached hydrogen (secondary N) is 1. The van der Waals surface area contributed by atoms with Crippen LogP contribution >= 0.6 is 0 Å². The molecule has 2 rings (SSSR count). The van der Waals surface area contributed by atoms with Crippen LogP contribution in [0.4, 0.5) is 4.39 Å². The number of methoxy groups -OCH3 is 1. The molecule has 0 radical (unpaired) electrons. The molecule has 0 aliphatic rings. The van der Waals surface area contributed by atoms with Crippen molar-refractivity contribution >= 4 is 5.91 Å². The van der Waals surface area contributed by atoms with Gasteiger partial charge in [-0.15, -0.1) is 0 Å². The van der Waals surface area contributed by atoms with Crippen LogP contribution in [0.5, 0.6) is 0 Å². The van der Waals surface area contributed by atoms with Crippen LogP contribution in [0.15, 0.2) is 30.3 Å². The summed E-state index contributed by atoms with van der Waals surface area (Å²) >= 11 is 0. The van der Waals surface area contributed by atoms with Crippen LogP contribution in [0.1, 0.15) is 25.0 Å². The standard InChI is InChI=1S/C18H24FN3O2/c1-22(18(23)13-24-2)10-5-3-4-9-16-12-17(21-20-16)14-7-6-8-15(19)11-14/h6-8,11-12H,3-5,9-10,13H2,1-2H3,(H,20,21). The van der Waals surface area contributed by atoms with Gasteiger partial charge in [-0.05, 0) is 37.5 Å². The van der Waals surface area contributed by atoms with Crippen LogP contribution in [0.2, 0.25) is 0 Å². The molecule has 0 aliphatic heterocycles. The van der Waals surface area contributed by atoms with Gasteiger partial charge in [0.2, 0.25) is 5.91 Å². The molecular formula is C18H24FN3O2. The number of benzene rings is 1. The van der Waals surface area contributed by atoms with E-state index in [2.05, 4.69) is 10.2 Å². The van der Waals surface area contributed by atoms with E-state index in [1.165, 1.54) is 19.2 Å². The molecule has 1 aromatic carbocycles. The molecule has 0 fully saturated rings. The molecule has 24 heavy (non-hydrogen) atoms. The minimum Gasteiger partial charge on any atom is -0.375 e. The van der Waals surface area contributed by atoms with Gasteiger partial charge in [-0.2, -0.15) is 5.10 Å². The van der Waals surface area contributed by atoms with Gasteiger partial charge in [-0.3, -0.25) is 9.89 Å². The Balaban J connectivity index is 1.71. The second kappa shape index (κ2) is 9.17. The molecule has 1 aromatic heterocycles. The number of rotatable bonds is 9. The first-order valence-electron chi connectivity index (χ1n) is 8.13. The molecular weight excluding hydrogens is 309 g/mol. The highest BCUT2D eigenvalue weighted by Crippen LogP contribution is 2.19. The number of aryl methyl sites for hydroxylation is 1. The highest BCUT2D eigenvalue weighted by Gasteiger charge is 2.08. The minimum absolute atomic E-state index is 0.00537. The largest absolute Gasteiger partial charge is 0.375 e. The highest BCUT2D eigenvalue weighted by atomic mass is 19.1. The number of carbonyl (C=O) groups excluding carboxylic acids is 1. The van der Waals surface area contributed by atoms with Gasteiger partial charge >= 0.3 is 0 Å². The summed E-state index contributed by atoms with van der Waals surface area (Å²) in [5.41, 5.74) is 2.57. The van der Waals surface area contributed by atoms with E-state index in [1.54, 1.807) is 18.0 Å². The summed E-state index contributed by atoms with van der Waals surface area (Å²) in [6.45, 7) is 0.868. The quantitative estimate of drug-likeness (QED) is 0.718. The Labute approximate surface area is 141 Å². The molecule has 0 unspecified atom stereocenters. The molecule has 1 N–H and O–H groups in total. The maximum atomic E-state index is 13.2. The van der Waals surface area contributed by atoms with Crippen molar-refractivity contribution in [3.05, 3.63) is 41.8 Å². The summed E-state index contributed by atoms with van der Waals surface area (Å²) in [5, 5.41) is 7.24. The van der Waals surface area contributed by atoms with Gasteiger partial charge in [0.15, 0.2) is 0 Å². The number of aromatic nitrogens is 2. The van der Waals surface area contributed by atoms with Gasteiger partial charge in [-0.1, -0.05) is 18.6 Å². The summed E-state index contributed by atoms with van der Waals surface area (Å²) in [7, 11) is 3.32. The zero-order valence-corrected chi connectivity index (χ0v) is 14.2. The Morgan fingerprint density at radius 1 is 1.29 bits per heavy atom. The van der Waals surface area contributed by atoms with Crippen LogP contribution in [0, 0.1) is 5.82 Å². The summed E-state index contributed by atoms with van der Waals surface area (Å²) < 4.78 is 18.1. The molecule has 2 aromatic rings. The van der Waals surface area contributed by atoms with Gasteiger partial charge in [0.05, 0.1) is 5.69 Å². The first kappa shape index (κ1) is 18.1. The molecule has 130 valence electrons. The van der Waals surface area contributed by atoms with E-state index in [9.17, 15) is 9.18 Å². The van der Waals surface area contributed by atoms with Crippen molar-refractivity contribution in [3.63, 3.8) is 0 Å². The number of hydrogen-bond donors (Lipinski definition) is 1. The van der Waals surface area contributed by atoms with Crippen LogP contribution in [0.25, 0.3) is 11.3 Å². The molecule has 0 bridgehead atoms. The highest BCUT2D eigenvalue weighted by molar-refractivity contribution is 5.77. The summed E-state index contributed by atoms with van der Waals surface area (Å²) in [6, 6.07) is 8.39. The first-order chi connectivity index (χ1) is 11.6. The lowest BCUT2D eigenvalue weighted by atomic mass is 10.1. The number of nitrogens with zero attached hydrogens (tertiary/aromatic N) is 2. The smallest absolute Gasteiger partial charge is 0.248 e. The van der Waals surface area contributed by atoms with Crippen molar-refractivity contribution in [1.82, 2.24) is 15.1 Å². The van der Waals surface area contributed by atoms with Crippen LogP contribution in [-0.2, 0) is 16.0 Å². The lowest BCUT2D eigenvalue weighted by Gasteiger charge is -2.16. The maximum absolute atomic E-state index is 13.2. The molecule has 0 spiro atoms. The number of H-pyrrole nitrogens is 1. The van der Waals surface area contributed by atoms with E-state index in [0.717, 1.165) is 49.2 Å². The first-order valence-corrected chi connectivity index (χ1v) is 8.13. The second-order valence-corrected chi connectivity index (χ2v) is 5.85. The van der Waals surface area contributed by atoms with Crippen LogP contribution in [-0.4, -0.2) is 48.3 Å². The predicted octanol–water partition coefficient (Wildman–Crippen LogP) is 3.03. The van der Waals surface area contributed by atoms with Crippen molar-refractivity contribution in [3.8, 4) is 11.3 Å². The Morgan fingerprint density at radius 2 is 2.12 bits per heavy atom. The SMILES string of the molecule is COCC(=O)N(C)CCCCCc1cc(-c2cccc(F)c2)n[nH]1. The summed E-state index contributed by atoms with van der Waals surface area (Å²) in [6.07, 6.45) is 3.88. The average Bonchev–Trinajstić information content (AvgIpc) is 3.03. The third-order valence-corrected chi connectivity index (χ3v) is 3.88. The van der Waals surface area contributed by atoms with Crippen molar-refractivity contribution in [1.29, 1.82) is 0 Å². The number of aromatic amines is 1. The molecule has 0 saturated heterocycles. The zero-order chi connectivity index (χ0) is 17.4. The number of amides is 1. The van der Waals surface area contributed by atoms with E-state index in [1.807, 2.05) is 12.1 Å². The number of unbranched alkanes of at least 4 members (excludes halogenated alkanes) is 2. The molecule has 6 heteroatoms. The number of hydrogen-bond acceptors (Lipinski definition) is 3. The number of ether oxygens (including phenoxy) is 1. The van der Waals surface area contributed by atoms with Crippen molar-refractivity contribution < 1.29 is 13.9 Å². The number of likely N-dealkylation sites (N-methyl/N-ethyl adjacent to an activating group) is 1. The van der Waals surface area contributed by atoms with Gasteiger partial charge in [0.25, 0.3) is 0 Å². The van der Waals surface area contributed by atoms with Crippen molar-refractivity contribution in [2.75, 3.05) is 27.3 Å². The van der Waals surface area contributed by atoms with Crippen molar-refractivity contribution in [2.45, 2.75) is 25.7 Å². The lowest BCUT2D eigenvalue weighted by molar-refractivity contribution is -0.133. The fourth-order valence-electron chi connectivity index (χ4n) is 2.48. The van der Waals surface area contributed by atoms with E-state index >= 15 is 0 Å². The maximum Gasteiger partial charge on any atom is 0.248 e.